The number of aromatic amines is 1. The first kappa shape index (κ1) is 43.5. The maximum atomic E-state index is 15.3. The Morgan fingerprint density at radius 3 is 2.31 bits per heavy atom. The standard InChI is InChI=1S/C44H51FN8O6/c1-7-32(31-20-11-12-21-33(31)45)44(4,51-38(46)34-22-15-25-52(34)40(54)36(28(2)3)49-42(56)58-5)24-14-13-19-30-27-47-39(48-30)35-23-16-26-53(35)41(55)37(50-43(57)59-6)29-17-9-8-10-18-29/h7-12,17-18,20-21,27-28,34-37H,15-16,22-23,25-26H2,1-6H3,(H2,46,51)(H,47,48)(H,49,56)(H,50,57)/b32-7-/t34-,35-,36-,37+,44?/m0/s1. The van der Waals surface area contributed by atoms with Gasteiger partial charge >= 0.3 is 12.2 Å². The fraction of sp³-hybridized carbons (Fsp3) is 0.409. The number of H-pyrrole nitrogens is 1. The minimum Gasteiger partial charge on any atom is -0.453 e. The van der Waals surface area contributed by atoms with Crippen LogP contribution in [0.15, 0.2) is 71.9 Å². The second-order valence-corrected chi connectivity index (χ2v) is 14.7. The Morgan fingerprint density at radius 1 is 0.966 bits per heavy atom. The molecule has 2 aliphatic rings. The van der Waals surface area contributed by atoms with E-state index in [2.05, 4.69) is 44.3 Å². The predicted octanol–water partition coefficient (Wildman–Crippen LogP) is 5.26. The van der Waals surface area contributed by atoms with Crippen LogP contribution in [0.2, 0.25) is 0 Å². The fourth-order valence-electron chi connectivity index (χ4n) is 7.49. The molecular weight excluding hydrogens is 756 g/mol. The quantitative estimate of drug-likeness (QED) is 0.115. The van der Waals surface area contributed by atoms with Crippen molar-refractivity contribution in [1.29, 1.82) is 0 Å². The lowest BCUT2D eigenvalue weighted by molar-refractivity contribution is -0.135. The molecule has 14 nitrogen and oxygen atoms in total. The summed E-state index contributed by atoms with van der Waals surface area (Å²) in [7, 11) is 2.48. The average Bonchev–Trinajstić information content (AvgIpc) is 4.03. The number of aliphatic imine (C=N–C) groups is 1. The first-order valence-corrected chi connectivity index (χ1v) is 19.5. The van der Waals surface area contributed by atoms with E-state index >= 15 is 4.39 Å². The molecule has 0 aliphatic carbocycles. The molecule has 1 aromatic heterocycles. The summed E-state index contributed by atoms with van der Waals surface area (Å²) in [4.78, 5) is 67.9. The van der Waals surface area contributed by atoms with E-state index in [1.54, 1.807) is 78.4 Å². The number of halogens is 1. The van der Waals surface area contributed by atoms with Gasteiger partial charge in [0.05, 0.1) is 32.5 Å². The van der Waals surface area contributed by atoms with Gasteiger partial charge in [-0.25, -0.2) is 24.0 Å². The Hall–Kier alpha value is -6.61. The summed E-state index contributed by atoms with van der Waals surface area (Å²) in [5, 5.41) is 5.29. The lowest BCUT2D eigenvalue weighted by atomic mass is 9.86. The summed E-state index contributed by atoms with van der Waals surface area (Å²) < 4.78 is 24.9. The third-order valence-electron chi connectivity index (χ3n) is 10.4. The summed E-state index contributed by atoms with van der Waals surface area (Å²) in [6.07, 6.45) is 4.41. The molecular formula is C44H51FN8O6. The molecule has 0 spiro atoms. The number of methoxy groups -OCH3 is 2. The van der Waals surface area contributed by atoms with Crippen molar-refractivity contribution < 1.29 is 33.0 Å². The number of benzene rings is 2. The third kappa shape index (κ3) is 10.3. The lowest BCUT2D eigenvalue weighted by Gasteiger charge is -2.32. The van der Waals surface area contributed by atoms with Gasteiger partial charge in [-0.1, -0.05) is 74.4 Å². The number of alkyl carbamates (subject to hydrolysis) is 2. The number of amides is 4. The van der Waals surface area contributed by atoms with Gasteiger partial charge in [0.25, 0.3) is 5.91 Å². The number of imidazole rings is 1. The van der Waals surface area contributed by atoms with Crippen LogP contribution >= 0.6 is 0 Å². The Kier molecular flexibility index (Phi) is 14.5. The van der Waals surface area contributed by atoms with Gasteiger partial charge in [-0.3, -0.25) is 9.59 Å². The molecule has 2 fully saturated rings. The minimum absolute atomic E-state index is 0.127. The molecule has 4 amide bonds. The average molecular weight is 807 g/mol. The van der Waals surface area contributed by atoms with Crippen LogP contribution < -0.4 is 16.4 Å². The molecule has 3 heterocycles. The molecule has 2 aliphatic heterocycles. The summed E-state index contributed by atoms with van der Waals surface area (Å²) >= 11 is 0. The number of allylic oxidation sites excluding steroid dienone is 1. The molecule has 0 radical (unpaired) electrons. The second kappa shape index (κ2) is 19.7. The number of nitrogens with zero attached hydrogens (tertiary/aromatic N) is 4. The van der Waals surface area contributed by atoms with Gasteiger partial charge in [0.15, 0.2) is 0 Å². The van der Waals surface area contributed by atoms with Crippen molar-refractivity contribution in [2.45, 2.75) is 83.1 Å². The predicted molar refractivity (Wildman–Crippen MR) is 221 cm³/mol. The van der Waals surface area contributed by atoms with Gasteiger partial charge in [0, 0.05) is 18.7 Å². The summed E-state index contributed by atoms with van der Waals surface area (Å²) in [6.45, 7) is 7.99. The highest BCUT2D eigenvalue weighted by molar-refractivity contribution is 5.95. The van der Waals surface area contributed by atoms with E-state index in [1.165, 1.54) is 20.3 Å². The van der Waals surface area contributed by atoms with Gasteiger partial charge in [0.2, 0.25) is 5.91 Å². The van der Waals surface area contributed by atoms with E-state index in [0.717, 1.165) is 6.42 Å². The van der Waals surface area contributed by atoms with Gasteiger partial charge in [-0.2, -0.15) is 0 Å². The maximum absolute atomic E-state index is 15.3. The van der Waals surface area contributed by atoms with Crippen LogP contribution in [0.5, 0.6) is 0 Å². The highest BCUT2D eigenvalue weighted by atomic mass is 19.1. The Morgan fingerprint density at radius 2 is 1.63 bits per heavy atom. The number of ether oxygens (including phenoxy) is 2. The van der Waals surface area contributed by atoms with Crippen LogP contribution in [0.1, 0.15) is 88.1 Å². The Labute approximate surface area is 344 Å². The molecule has 0 bridgehead atoms. The van der Waals surface area contributed by atoms with E-state index in [1.807, 2.05) is 19.9 Å². The number of carbonyl (C=O) groups excluding carboxylic acids is 4. The van der Waals surface area contributed by atoms with Gasteiger partial charge in [0.1, 0.15) is 40.8 Å². The number of nitrogens with one attached hydrogen (secondary N) is 3. The van der Waals surface area contributed by atoms with Crippen molar-refractivity contribution in [2.24, 2.45) is 16.6 Å². The molecule has 3 aromatic rings. The summed E-state index contributed by atoms with van der Waals surface area (Å²) in [5.74, 6) is 11.2. The highest BCUT2D eigenvalue weighted by Gasteiger charge is 2.40. The van der Waals surface area contributed by atoms with Gasteiger partial charge < -0.3 is 40.6 Å². The van der Waals surface area contributed by atoms with Crippen molar-refractivity contribution in [3.63, 3.8) is 0 Å². The van der Waals surface area contributed by atoms with Crippen molar-refractivity contribution in [3.8, 4) is 23.7 Å². The Balaban J connectivity index is 1.43. The zero-order valence-corrected chi connectivity index (χ0v) is 34.2. The minimum atomic E-state index is -1.41. The SMILES string of the molecule is C/C=C(/c1ccccc1F)C(C)(C#CC#Cc1cnc([C@@H]2CCCN2C(=O)[C@H](NC(=O)OC)c2ccccc2)[nH]1)/N=C(\N)[C@@H]1CCCN1C(=O)[C@@H](NC(=O)OC)C(C)C. The van der Waals surface area contributed by atoms with E-state index in [-0.39, 0.29) is 35.2 Å². The van der Waals surface area contributed by atoms with Crippen LogP contribution in [-0.2, 0) is 19.1 Å². The smallest absolute Gasteiger partial charge is 0.407 e. The molecule has 310 valence electrons. The highest BCUT2D eigenvalue weighted by Crippen LogP contribution is 2.34. The molecule has 1 unspecified atom stereocenters. The largest absolute Gasteiger partial charge is 0.453 e. The molecule has 2 saturated heterocycles. The van der Waals surface area contributed by atoms with Gasteiger partial charge in [-0.15, -0.1) is 0 Å². The second-order valence-electron chi connectivity index (χ2n) is 14.7. The van der Waals surface area contributed by atoms with E-state index in [4.69, 9.17) is 20.2 Å². The Bertz CT molecular complexity index is 2200. The monoisotopic (exact) mass is 806 g/mol. The maximum Gasteiger partial charge on any atom is 0.407 e. The van der Waals surface area contributed by atoms with Crippen LogP contribution in [-0.4, -0.2) is 94.5 Å². The molecule has 15 heteroatoms. The van der Waals surface area contributed by atoms with Crippen LogP contribution in [0.4, 0.5) is 14.0 Å². The first-order chi connectivity index (χ1) is 28.3. The number of nitrogens with two attached hydrogens (primary N) is 1. The van der Waals surface area contributed by atoms with Crippen LogP contribution in [0.25, 0.3) is 5.57 Å². The topological polar surface area (TPSA) is 184 Å². The van der Waals surface area contributed by atoms with Crippen molar-refractivity contribution in [3.05, 3.63) is 95.3 Å². The number of likely N-dealkylation sites (tertiary alicyclic amines) is 2. The number of rotatable bonds is 11. The fourth-order valence-corrected chi connectivity index (χ4v) is 7.49. The molecule has 5 N–H and O–H groups in total. The zero-order valence-electron chi connectivity index (χ0n) is 34.2. The number of carbonyl (C=O) groups is 4. The summed E-state index contributed by atoms with van der Waals surface area (Å²) in [6, 6.07) is 12.5. The molecule has 5 rings (SSSR count). The number of amidine groups is 1. The number of hydrogen-bond donors (Lipinski definition) is 4. The zero-order chi connectivity index (χ0) is 42.7. The van der Waals surface area contributed by atoms with Crippen LogP contribution in [0, 0.1) is 35.4 Å². The van der Waals surface area contributed by atoms with E-state index in [9.17, 15) is 19.2 Å². The number of hydrogen-bond acceptors (Lipinski definition) is 8. The van der Waals surface area contributed by atoms with Crippen molar-refractivity contribution in [2.75, 3.05) is 27.3 Å². The lowest BCUT2D eigenvalue weighted by Crippen LogP contribution is -2.55. The molecule has 2 aromatic carbocycles. The molecule has 59 heavy (non-hydrogen) atoms. The normalized spacial score (nSPS) is 18.7. The van der Waals surface area contributed by atoms with E-state index < -0.39 is 41.7 Å². The molecule has 5 atom stereocenters. The van der Waals surface area contributed by atoms with Crippen molar-refractivity contribution in [1.82, 2.24) is 30.4 Å². The first-order valence-electron chi connectivity index (χ1n) is 19.5. The number of aromatic nitrogens is 2. The molecule has 0 saturated carbocycles. The summed E-state index contributed by atoms with van der Waals surface area (Å²) in [5.41, 5.74) is 7.12. The van der Waals surface area contributed by atoms with E-state index in [0.29, 0.717) is 55.0 Å². The van der Waals surface area contributed by atoms with Crippen molar-refractivity contribution >= 4 is 35.4 Å². The van der Waals surface area contributed by atoms with Crippen LogP contribution in [0.3, 0.4) is 0 Å². The third-order valence-corrected chi connectivity index (χ3v) is 10.4. The van der Waals surface area contributed by atoms with Gasteiger partial charge in [-0.05, 0) is 80.4 Å².